The Morgan fingerprint density at radius 2 is 2.06 bits per heavy atom. The maximum Gasteiger partial charge on any atom is 0.253 e. The predicted octanol–water partition coefficient (Wildman–Crippen LogP) is 3.35. The van der Waals surface area contributed by atoms with Gasteiger partial charge >= 0.3 is 0 Å². The third-order valence-electron chi connectivity index (χ3n) is 5.80. The second-order valence-electron chi connectivity index (χ2n) is 9.95. The molecule has 35 heavy (non-hydrogen) atoms. The molecule has 1 saturated heterocycles. The standard InChI is InChI=1S/C25H32N6O3S/c1-16-11-26-15-25(5,34-16)20-8-6-7-18(28-20)19-14-35-23(29-19)30-21(32)12-27-22(33)17-9-10-31(13-17)24(2,3)4/h6-10,13-14,16,26H,11-12,15H2,1-5H3,(H,27,33)(H,29,30,32). The minimum Gasteiger partial charge on any atom is -0.363 e. The number of aromatic nitrogens is 3. The van der Waals surface area contributed by atoms with Crippen molar-refractivity contribution in [3.05, 3.63) is 53.3 Å². The zero-order valence-electron chi connectivity index (χ0n) is 20.7. The topological polar surface area (TPSA) is 110 Å². The van der Waals surface area contributed by atoms with Crippen LogP contribution in [0.25, 0.3) is 11.4 Å². The largest absolute Gasteiger partial charge is 0.363 e. The van der Waals surface area contributed by atoms with Gasteiger partial charge in [-0.05, 0) is 52.8 Å². The quantitative estimate of drug-likeness (QED) is 0.483. The van der Waals surface area contributed by atoms with Crippen molar-refractivity contribution >= 4 is 28.3 Å². The molecule has 0 aromatic carbocycles. The summed E-state index contributed by atoms with van der Waals surface area (Å²) in [6, 6.07) is 7.52. The van der Waals surface area contributed by atoms with E-state index in [-0.39, 0.29) is 30.0 Å². The van der Waals surface area contributed by atoms with Crippen LogP contribution in [0.1, 0.15) is 50.7 Å². The molecule has 1 aliphatic heterocycles. The predicted molar refractivity (Wildman–Crippen MR) is 137 cm³/mol. The molecule has 0 radical (unpaired) electrons. The summed E-state index contributed by atoms with van der Waals surface area (Å²) in [5.74, 6) is -0.648. The van der Waals surface area contributed by atoms with Crippen LogP contribution in [-0.2, 0) is 20.7 Å². The average molecular weight is 497 g/mol. The number of thiazole rings is 1. The van der Waals surface area contributed by atoms with Crippen molar-refractivity contribution in [3.8, 4) is 11.4 Å². The summed E-state index contributed by atoms with van der Waals surface area (Å²) in [4.78, 5) is 34.1. The van der Waals surface area contributed by atoms with Crippen molar-refractivity contribution in [2.75, 3.05) is 25.0 Å². The number of ether oxygens (including phenoxy) is 1. The number of carbonyl (C=O) groups excluding carboxylic acids is 2. The van der Waals surface area contributed by atoms with Crippen LogP contribution in [0.3, 0.4) is 0 Å². The van der Waals surface area contributed by atoms with Crippen molar-refractivity contribution in [1.82, 2.24) is 25.2 Å². The highest BCUT2D eigenvalue weighted by atomic mass is 32.1. The maximum atomic E-state index is 12.4. The third-order valence-corrected chi connectivity index (χ3v) is 6.56. The summed E-state index contributed by atoms with van der Waals surface area (Å²) in [6.07, 6.45) is 3.73. The molecule has 9 nitrogen and oxygen atoms in total. The molecule has 3 aromatic rings. The lowest BCUT2D eigenvalue weighted by atomic mass is 9.98. The average Bonchev–Trinajstić information content (AvgIpc) is 3.48. The van der Waals surface area contributed by atoms with Crippen molar-refractivity contribution in [3.63, 3.8) is 0 Å². The molecule has 3 aromatic heterocycles. The molecule has 0 saturated carbocycles. The van der Waals surface area contributed by atoms with E-state index < -0.39 is 5.60 Å². The Balaban J connectivity index is 1.36. The van der Waals surface area contributed by atoms with Gasteiger partial charge in [-0.3, -0.25) is 9.59 Å². The summed E-state index contributed by atoms with van der Waals surface area (Å²) < 4.78 is 8.13. The number of rotatable bonds is 6. The minimum atomic E-state index is -0.521. The highest BCUT2D eigenvalue weighted by Crippen LogP contribution is 2.30. The highest BCUT2D eigenvalue weighted by Gasteiger charge is 2.34. The van der Waals surface area contributed by atoms with Crippen LogP contribution in [0.4, 0.5) is 5.13 Å². The van der Waals surface area contributed by atoms with Gasteiger partial charge in [0, 0.05) is 36.4 Å². The number of nitrogens with one attached hydrogen (secondary N) is 3. The molecule has 4 heterocycles. The van der Waals surface area contributed by atoms with Gasteiger partial charge < -0.3 is 25.3 Å². The first kappa shape index (κ1) is 25.0. The third kappa shape index (κ3) is 5.95. The SMILES string of the molecule is CC1CNCC(C)(c2cccc(-c3csc(NC(=O)CNC(=O)c4ccn(C(C)(C)C)c4)n3)n2)O1. The molecule has 1 fully saturated rings. The van der Waals surface area contributed by atoms with E-state index in [2.05, 4.69) is 41.7 Å². The Morgan fingerprint density at radius 3 is 2.77 bits per heavy atom. The van der Waals surface area contributed by atoms with E-state index in [9.17, 15) is 9.59 Å². The van der Waals surface area contributed by atoms with Gasteiger partial charge in [0.2, 0.25) is 5.91 Å². The summed E-state index contributed by atoms with van der Waals surface area (Å²) >= 11 is 1.31. The first-order valence-corrected chi connectivity index (χ1v) is 12.5. The lowest BCUT2D eigenvalue weighted by Crippen LogP contribution is -2.49. The van der Waals surface area contributed by atoms with Gasteiger partial charge in [-0.25, -0.2) is 9.97 Å². The Morgan fingerprint density at radius 1 is 1.26 bits per heavy atom. The molecule has 0 spiro atoms. The van der Waals surface area contributed by atoms with E-state index in [0.29, 0.717) is 28.6 Å². The molecule has 1 aliphatic rings. The smallest absolute Gasteiger partial charge is 0.253 e. The number of hydrogen-bond acceptors (Lipinski definition) is 7. The van der Waals surface area contributed by atoms with Gasteiger partial charge in [0.25, 0.3) is 5.91 Å². The molecular formula is C25H32N6O3S. The van der Waals surface area contributed by atoms with Gasteiger partial charge in [-0.2, -0.15) is 0 Å². The monoisotopic (exact) mass is 496 g/mol. The molecule has 186 valence electrons. The van der Waals surface area contributed by atoms with Crippen molar-refractivity contribution in [2.24, 2.45) is 0 Å². The van der Waals surface area contributed by atoms with E-state index in [4.69, 9.17) is 9.72 Å². The Bertz CT molecular complexity index is 1210. The van der Waals surface area contributed by atoms with Gasteiger partial charge in [0.1, 0.15) is 11.3 Å². The van der Waals surface area contributed by atoms with Crippen LogP contribution >= 0.6 is 11.3 Å². The number of hydrogen-bond donors (Lipinski definition) is 3. The molecule has 3 N–H and O–H groups in total. The number of pyridine rings is 1. The lowest BCUT2D eigenvalue weighted by Gasteiger charge is -2.37. The summed E-state index contributed by atoms with van der Waals surface area (Å²) in [5, 5.41) is 11.1. The van der Waals surface area contributed by atoms with E-state index >= 15 is 0 Å². The highest BCUT2D eigenvalue weighted by molar-refractivity contribution is 7.14. The van der Waals surface area contributed by atoms with Crippen LogP contribution in [0.15, 0.2) is 42.0 Å². The number of nitrogens with zero attached hydrogens (tertiary/aromatic N) is 3. The molecule has 2 atom stereocenters. The maximum absolute atomic E-state index is 12.4. The van der Waals surface area contributed by atoms with Crippen molar-refractivity contribution in [1.29, 1.82) is 0 Å². The minimum absolute atomic E-state index is 0.0965. The van der Waals surface area contributed by atoms with Gasteiger partial charge in [0.05, 0.1) is 29.6 Å². The number of anilines is 1. The van der Waals surface area contributed by atoms with Crippen LogP contribution in [0.5, 0.6) is 0 Å². The lowest BCUT2D eigenvalue weighted by molar-refractivity contribution is -0.115. The van der Waals surface area contributed by atoms with E-state index in [1.807, 2.05) is 48.2 Å². The Hall–Kier alpha value is -3.08. The second kappa shape index (κ2) is 9.88. The summed E-state index contributed by atoms with van der Waals surface area (Å²) in [7, 11) is 0. The fourth-order valence-corrected chi connectivity index (χ4v) is 4.61. The molecular weight excluding hydrogens is 464 g/mol. The number of amides is 2. The molecule has 0 bridgehead atoms. The zero-order chi connectivity index (χ0) is 25.2. The fraction of sp³-hybridized carbons (Fsp3) is 0.440. The van der Waals surface area contributed by atoms with Crippen LogP contribution in [0.2, 0.25) is 0 Å². The Labute approximate surface area is 209 Å². The summed E-state index contributed by atoms with van der Waals surface area (Å²) in [6.45, 7) is 11.6. The molecule has 0 aliphatic carbocycles. The number of carbonyl (C=O) groups is 2. The van der Waals surface area contributed by atoms with Crippen molar-refractivity contribution in [2.45, 2.75) is 51.9 Å². The van der Waals surface area contributed by atoms with Gasteiger partial charge in [-0.15, -0.1) is 11.3 Å². The fourth-order valence-electron chi connectivity index (χ4n) is 3.89. The zero-order valence-corrected chi connectivity index (χ0v) is 21.5. The first-order valence-electron chi connectivity index (χ1n) is 11.6. The van der Waals surface area contributed by atoms with Crippen LogP contribution in [0, 0.1) is 0 Å². The first-order chi connectivity index (χ1) is 16.5. The summed E-state index contributed by atoms with van der Waals surface area (Å²) in [5.41, 5.74) is 2.07. The molecule has 2 unspecified atom stereocenters. The van der Waals surface area contributed by atoms with Crippen LogP contribution in [-0.4, -0.2) is 52.1 Å². The Kier molecular flexibility index (Phi) is 7.07. The molecule has 4 rings (SSSR count). The molecule has 2 amide bonds. The van der Waals surface area contributed by atoms with Crippen LogP contribution < -0.4 is 16.0 Å². The van der Waals surface area contributed by atoms with Gasteiger partial charge in [-0.1, -0.05) is 6.07 Å². The van der Waals surface area contributed by atoms with E-state index in [0.717, 1.165) is 12.2 Å². The normalized spacial score (nSPS) is 20.4. The molecule has 10 heteroatoms. The van der Waals surface area contributed by atoms with E-state index in [1.54, 1.807) is 12.3 Å². The second-order valence-corrected chi connectivity index (χ2v) is 10.8. The van der Waals surface area contributed by atoms with Crippen molar-refractivity contribution < 1.29 is 14.3 Å². The number of morpholine rings is 1. The van der Waals surface area contributed by atoms with Gasteiger partial charge in [0.15, 0.2) is 5.13 Å². The van der Waals surface area contributed by atoms with E-state index in [1.165, 1.54) is 11.3 Å².